The fourth-order valence-corrected chi connectivity index (χ4v) is 6.36. The quantitative estimate of drug-likeness (QED) is 0.159. The number of ether oxygens (including phenoxy) is 1. The van der Waals surface area contributed by atoms with E-state index in [0.29, 0.717) is 17.5 Å². The number of rotatable bonds is 8. The standard InChI is InChI=1S/C47H31N5O/c1-3-11-35(12-4-1)45-50-46(36-13-5-2-6-14-36)52-47(51-45)37-24-28-39(29-25-37)53-38-26-22-33(23-27-38)32-18-20-34(21-19-32)41-31-44(43-17-9-10-30-48-43)49-42-16-8-7-15-40(41)42/h1-31H. The predicted octanol–water partition coefficient (Wildman–Crippen LogP) is 11.6. The number of hydrogen-bond acceptors (Lipinski definition) is 6. The maximum Gasteiger partial charge on any atom is 0.164 e. The monoisotopic (exact) mass is 681 g/mol. The Bertz CT molecular complexity index is 2590. The molecule has 53 heavy (non-hydrogen) atoms. The first kappa shape index (κ1) is 31.7. The highest BCUT2D eigenvalue weighted by atomic mass is 16.5. The molecule has 0 spiro atoms. The van der Waals surface area contributed by atoms with Crippen molar-refractivity contribution < 1.29 is 4.74 Å². The molecule has 250 valence electrons. The van der Waals surface area contributed by atoms with Gasteiger partial charge in [-0.2, -0.15) is 0 Å². The molecule has 0 saturated carbocycles. The van der Waals surface area contributed by atoms with E-state index in [9.17, 15) is 0 Å². The van der Waals surface area contributed by atoms with Crippen LogP contribution in [0.1, 0.15) is 0 Å². The van der Waals surface area contributed by atoms with Gasteiger partial charge in [-0.05, 0) is 82.9 Å². The van der Waals surface area contributed by atoms with E-state index in [4.69, 9.17) is 24.7 Å². The molecule has 6 nitrogen and oxygen atoms in total. The molecule has 0 fully saturated rings. The second-order valence-electron chi connectivity index (χ2n) is 12.6. The highest BCUT2D eigenvalue weighted by Gasteiger charge is 2.13. The van der Waals surface area contributed by atoms with Crippen LogP contribution in [0.15, 0.2) is 188 Å². The molecular formula is C47H31N5O. The number of para-hydroxylation sites is 1. The zero-order valence-corrected chi connectivity index (χ0v) is 28.5. The van der Waals surface area contributed by atoms with Gasteiger partial charge in [0, 0.05) is 28.3 Å². The third-order valence-electron chi connectivity index (χ3n) is 9.07. The van der Waals surface area contributed by atoms with Gasteiger partial charge in [0.1, 0.15) is 11.5 Å². The summed E-state index contributed by atoms with van der Waals surface area (Å²) in [5.41, 5.74) is 9.87. The highest BCUT2D eigenvalue weighted by Crippen LogP contribution is 2.34. The first-order valence-corrected chi connectivity index (χ1v) is 17.4. The summed E-state index contributed by atoms with van der Waals surface area (Å²) < 4.78 is 6.25. The van der Waals surface area contributed by atoms with Gasteiger partial charge in [0.05, 0.1) is 16.9 Å². The van der Waals surface area contributed by atoms with Crippen molar-refractivity contribution >= 4 is 10.9 Å². The van der Waals surface area contributed by atoms with E-state index in [-0.39, 0.29) is 0 Å². The largest absolute Gasteiger partial charge is 0.457 e. The predicted molar refractivity (Wildman–Crippen MR) is 212 cm³/mol. The van der Waals surface area contributed by atoms with Crippen LogP contribution >= 0.6 is 0 Å². The molecule has 0 unspecified atom stereocenters. The lowest BCUT2D eigenvalue weighted by molar-refractivity contribution is 0.483. The van der Waals surface area contributed by atoms with Crippen molar-refractivity contribution in [3.05, 3.63) is 188 Å². The Labute approximate surface area is 307 Å². The molecule has 6 heteroatoms. The molecular weight excluding hydrogens is 651 g/mol. The van der Waals surface area contributed by atoms with Crippen molar-refractivity contribution in [2.75, 3.05) is 0 Å². The summed E-state index contributed by atoms with van der Waals surface area (Å²) >= 11 is 0. The van der Waals surface area contributed by atoms with E-state index < -0.39 is 0 Å². The summed E-state index contributed by atoms with van der Waals surface area (Å²) in [6, 6.07) is 60.9. The Hall–Kier alpha value is -7.31. The minimum atomic E-state index is 0.602. The van der Waals surface area contributed by atoms with Gasteiger partial charge in [-0.25, -0.2) is 19.9 Å². The van der Waals surface area contributed by atoms with Crippen LogP contribution in [0.5, 0.6) is 11.5 Å². The SMILES string of the molecule is c1ccc(-c2nc(-c3ccccc3)nc(-c3ccc(Oc4ccc(-c5ccc(-c6cc(-c7ccccn7)nc7ccccc67)cc5)cc4)cc3)n2)cc1. The molecule has 9 aromatic rings. The van der Waals surface area contributed by atoms with Gasteiger partial charge in [0.2, 0.25) is 0 Å². The number of fused-ring (bicyclic) bond motifs is 1. The second-order valence-corrected chi connectivity index (χ2v) is 12.6. The van der Waals surface area contributed by atoms with Crippen molar-refractivity contribution in [3.63, 3.8) is 0 Å². The normalized spacial score (nSPS) is 11.0. The summed E-state index contributed by atoms with van der Waals surface area (Å²) in [4.78, 5) is 23.9. The molecule has 0 aliphatic heterocycles. The number of aromatic nitrogens is 5. The molecule has 3 heterocycles. The van der Waals surface area contributed by atoms with E-state index in [1.54, 1.807) is 6.20 Å². The maximum atomic E-state index is 6.25. The summed E-state index contributed by atoms with van der Waals surface area (Å²) in [6.07, 6.45) is 1.80. The average Bonchev–Trinajstić information content (AvgIpc) is 3.25. The van der Waals surface area contributed by atoms with Crippen molar-refractivity contribution in [1.82, 2.24) is 24.9 Å². The van der Waals surface area contributed by atoms with E-state index >= 15 is 0 Å². The molecule has 0 bridgehead atoms. The molecule has 0 N–H and O–H groups in total. The van der Waals surface area contributed by atoms with E-state index in [2.05, 4.69) is 65.6 Å². The lowest BCUT2D eigenvalue weighted by atomic mass is 9.97. The smallest absolute Gasteiger partial charge is 0.164 e. The van der Waals surface area contributed by atoms with Gasteiger partial charge in [-0.15, -0.1) is 0 Å². The molecule has 9 rings (SSSR count). The maximum absolute atomic E-state index is 6.25. The van der Waals surface area contributed by atoms with Crippen molar-refractivity contribution in [1.29, 1.82) is 0 Å². The minimum Gasteiger partial charge on any atom is -0.457 e. The third kappa shape index (κ3) is 6.77. The van der Waals surface area contributed by atoms with Gasteiger partial charge >= 0.3 is 0 Å². The van der Waals surface area contributed by atoms with Gasteiger partial charge in [-0.1, -0.05) is 121 Å². The second kappa shape index (κ2) is 14.1. The van der Waals surface area contributed by atoms with Crippen molar-refractivity contribution in [2.24, 2.45) is 0 Å². The lowest BCUT2D eigenvalue weighted by Gasteiger charge is -2.11. The van der Waals surface area contributed by atoms with Crippen LogP contribution in [-0.4, -0.2) is 24.9 Å². The molecule has 3 aromatic heterocycles. The molecule has 0 aliphatic carbocycles. The van der Waals surface area contributed by atoms with Crippen LogP contribution in [-0.2, 0) is 0 Å². The first-order valence-electron chi connectivity index (χ1n) is 17.4. The van der Waals surface area contributed by atoms with Crippen molar-refractivity contribution in [3.8, 4) is 79.3 Å². The van der Waals surface area contributed by atoms with Crippen LogP contribution in [0.3, 0.4) is 0 Å². The van der Waals surface area contributed by atoms with Crippen LogP contribution in [0.2, 0.25) is 0 Å². The highest BCUT2D eigenvalue weighted by molar-refractivity contribution is 5.96. The van der Waals surface area contributed by atoms with E-state index in [0.717, 1.165) is 72.7 Å². The number of hydrogen-bond donors (Lipinski definition) is 0. The average molecular weight is 682 g/mol. The Morgan fingerprint density at radius 2 is 0.811 bits per heavy atom. The third-order valence-corrected chi connectivity index (χ3v) is 9.07. The lowest BCUT2D eigenvalue weighted by Crippen LogP contribution is -2.00. The van der Waals surface area contributed by atoms with Gasteiger partial charge in [-0.3, -0.25) is 4.98 Å². The molecule has 0 aliphatic rings. The molecule has 6 aromatic carbocycles. The van der Waals surface area contributed by atoms with Gasteiger partial charge in [0.25, 0.3) is 0 Å². The Kier molecular flexibility index (Phi) is 8.44. The zero-order chi connectivity index (χ0) is 35.4. The molecule has 0 saturated heterocycles. The topological polar surface area (TPSA) is 73.7 Å². The van der Waals surface area contributed by atoms with Crippen LogP contribution in [0.4, 0.5) is 0 Å². The number of pyridine rings is 2. The Balaban J connectivity index is 0.935. The van der Waals surface area contributed by atoms with E-state index in [1.165, 1.54) is 0 Å². The summed E-state index contributed by atoms with van der Waals surface area (Å²) in [7, 11) is 0. The first-order chi connectivity index (χ1) is 26.2. The van der Waals surface area contributed by atoms with Crippen LogP contribution in [0.25, 0.3) is 78.7 Å². The number of benzene rings is 6. The van der Waals surface area contributed by atoms with Crippen molar-refractivity contribution in [2.45, 2.75) is 0 Å². The summed E-state index contributed by atoms with van der Waals surface area (Å²) in [5.74, 6) is 3.34. The molecule has 0 radical (unpaired) electrons. The Morgan fingerprint density at radius 1 is 0.340 bits per heavy atom. The summed E-state index contributed by atoms with van der Waals surface area (Å²) in [6.45, 7) is 0. The molecule has 0 amide bonds. The van der Waals surface area contributed by atoms with Crippen LogP contribution in [0, 0.1) is 0 Å². The minimum absolute atomic E-state index is 0.602. The fraction of sp³-hybridized carbons (Fsp3) is 0. The molecule has 0 atom stereocenters. The van der Waals surface area contributed by atoms with Gasteiger partial charge in [0.15, 0.2) is 17.5 Å². The Morgan fingerprint density at radius 3 is 1.38 bits per heavy atom. The van der Waals surface area contributed by atoms with Crippen LogP contribution < -0.4 is 4.74 Å². The number of nitrogens with zero attached hydrogens (tertiary/aromatic N) is 5. The summed E-state index contributed by atoms with van der Waals surface area (Å²) in [5, 5.41) is 1.11. The zero-order valence-electron chi connectivity index (χ0n) is 28.5. The van der Waals surface area contributed by atoms with E-state index in [1.807, 2.05) is 121 Å². The van der Waals surface area contributed by atoms with Gasteiger partial charge < -0.3 is 4.74 Å². The fourth-order valence-electron chi connectivity index (χ4n) is 6.36.